The Kier molecular flexibility index (Phi) is 13.9. The third-order valence-corrected chi connectivity index (χ3v) is 7.40. The number of carbonyl (C=O) groups excluding carboxylic acids is 2. The summed E-state index contributed by atoms with van der Waals surface area (Å²) in [6, 6.07) is 15.5. The third-order valence-electron chi connectivity index (χ3n) is 7.40. The maximum absolute atomic E-state index is 14.0. The molecule has 3 aromatic carbocycles. The smallest absolute Gasteiger partial charge is 0.253 e. The fraction of sp³-hybridized carbons (Fsp3) is 0.429. The number of benzene rings is 3. The second kappa shape index (κ2) is 17.6. The molecule has 0 bridgehead atoms. The van der Waals surface area contributed by atoms with Gasteiger partial charge in [-0.2, -0.15) is 0 Å². The van der Waals surface area contributed by atoms with Crippen LogP contribution < -0.4 is 16.0 Å². The minimum atomic E-state index is -1.08. The fourth-order valence-electron chi connectivity index (χ4n) is 5.27. The maximum atomic E-state index is 14.0. The second-order valence-corrected chi connectivity index (χ2v) is 11.2. The van der Waals surface area contributed by atoms with Gasteiger partial charge in [-0.15, -0.1) is 0 Å². The van der Waals surface area contributed by atoms with E-state index in [2.05, 4.69) is 35.0 Å². The van der Waals surface area contributed by atoms with Gasteiger partial charge in [0, 0.05) is 49.9 Å². The van der Waals surface area contributed by atoms with Gasteiger partial charge in [0.2, 0.25) is 0 Å². The maximum Gasteiger partial charge on any atom is 0.253 e. The van der Waals surface area contributed by atoms with Gasteiger partial charge in [0.1, 0.15) is 11.6 Å². The number of nitrogens with zero attached hydrogens (tertiary/aromatic N) is 1. The molecule has 3 rings (SSSR count). The third kappa shape index (κ3) is 10.5. The van der Waals surface area contributed by atoms with Crippen LogP contribution in [-0.2, 0) is 25.9 Å². The summed E-state index contributed by atoms with van der Waals surface area (Å²) in [7, 11) is 1.78. The Labute approximate surface area is 260 Å². The van der Waals surface area contributed by atoms with Crippen molar-refractivity contribution >= 4 is 11.8 Å². The number of halogens is 2. The summed E-state index contributed by atoms with van der Waals surface area (Å²) in [5, 5.41) is 20.4. The lowest BCUT2D eigenvalue weighted by Gasteiger charge is -2.26. The van der Waals surface area contributed by atoms with Crippen LogP contribution in [0.15, 0.2) is 60.7 Å². The van der Waals surface area contributed by atoms with Gasteiger partial charge in [-0.25, -0.2) is 8.78 Å². The average molecular weight is 609 g/mol. The lowest BCUT2D eigenvalue weighted by atomic mass is 9.99. The van der Waals surface area contributed by atoms with Crippen molar-refractivity contribution in [3.05, 3.63) is 106 Å². The van der Waals surface area contributed by atoms with Crippen molar-refractivity contribution in [2.45, 2.75) is 71.7 Å². The number of hydrogen-bond acceptors (Lipinski definition) is 5. The largest absolute Gasteiger partial charge is 0.390 e. The lowest BCUT2D eigenvalue weighted by molar-refractivity contribution is 0.0755. The van der Waals surface area contributed by atoms with Gasteiger partial charge in [0.25, 0.3) is 11.8 Å². The zero-order valence-corrected chi connectivity index (χ0v) is 26.3. The zero-order chi connectivity index (χ0) is 32.1. The minimum absolute atomic E-state index is 0.00262. The Balaban J connectivity index is 1.85. The molecule has 0 heterocycles. The molecule has 0 aliphatic carbocycles. The van der Waals surface area contributed by atoms with Crippen LogP contribution in [0.3, 0.4) is 0 Å². The van der Waals surface area contributed by atoms with Crippen molar-refractivity contribution in [1.82, 2.24) is 20.9 Å². The number of carbonyl (C=O) groups is 2. The normalized spacial score (nSPS) is 12.5. The van der Waals surface area contributed by atoms with Gasteiger partial charge in [0.15, 0.2) is 0 Å². The number of aryl methyl sites for hydroxylation is 1. The van der Waals surface area contributed by atoms with Crippen LogP contribution >= 0.6 is 0 Å². The molecule has 0 aliphatic rings. The summed E-state index contributed by atoms with van der Waals surface area (Å²) in [5.41, 5.74) is 4.00. The van der Waals surface area contributed by atoms with Gasteiger partial charge in [0.05, 0.1) is 12.1 Å². The van der Waals surface area contributed by atoms with Crippen molar-refractivity contribution < 1.29 is 23.5 Å². The molecule has 9 heteroatoms. The molecule has 238 valence electrons. The van der Waals surface area contributed by atoms with Crippen LogP contribution in [-0.4, -0.2) is 60.6 Å². The molecule has 0 saturated heterocycles. The monoisotopic (exact) mass is 608 g/mol. The van der Waals surface area contributed by atoms with Crippen LogP contribution in [0.1, 0.15) is 76.6 Å². The molecule has 0 radical (unpaired) electrons. The number of aliphatic hydroxyl groups is 1. The van der Waals surface area contributed by atoms with E-state index in [1.54, 1.807) is 30.1 Å². The summed E-state index contributed by atoms with van der Waals surface area (Å²) in [5.74, 6) is -2.12. The van der Waals surface area contributed by atoms with E-state index in [0.29, 0.717) is 37.3 Å². The van der Waals surface area contributed by atoms with E-state index in [1.807, 2.05) is 26.0 Å². The quantitative estimate of drug-likeness (QED) is 0.173. The Morgan fingerprint density at radius 1 is 0.818 bits per heavy atom. The van der Waals surface area contributed by atoms with E-state index in [4.69, 9.17) is 0 Å². The second-order valence-electron chi connectivity index (χ2n) is 11.2. The molecular formula is C35H46F2N4O3. The zero-order valence-electron chi connectivity index (χ0n) is 26.3. The Hall–Kier alpha value is -3.66. The van der Waals surface area contributed by atoms with Crippen LogP contribution in [0.4, 0.5) is 8.78 Å². The summed E-state index contributed by atoms with van der Waals surface area (Å²) in [4.78, 5) is 28.9. The predicted octanol–water partition coefficient (Wildman–Crippen LogP) is 5.00. The summed E-state index contributed by atoms with van der Waals surface area (Å²) in [6.07, 6.45) is 1.46. The molecule has 2 atom stereocenters. The highest BCUT2D eigenvalue weighted by Gasteiger charge is 2.24. The van der Waals surface area contributed by atoms with E-state index in [9.17, 15) is 23.5 Å². The van der Waals surface area contributed by atoms with Gasteiger partial charge in [-0.05, 0) is 85.3 Å². The molecule has 0 saturated carbocycles. The van der Waals surface area contributed by atoms with Crippen molar-refractivity contribution in [2.24, 2.45) is 0 Å². The topological polar surface area (TPSA) is 93.7 Å². The molecule has 0 spiro atoms. The van der Waals surface area contributed by atoms with Crippen LogP contribution in [0.25, 0.3) is 0 Å². The SMILES string of the molecule is CCCN(CCC)C(=O)c1cc(CNC)cc(C(=O)NC(Cc2cc(F)cc(F)c2)C(O)CNCc2cccc(CC)c2)c1. The van der Waals surface area contributed by atoms with Gasteiger partial charge in [-0.1, -0.05) is 45.0 Å². The summed E-state index contributed by atoms with van der Waals surface area (Å²) in [6.45, 7) is 8.41. The molecule has 0 fully saturated rings. The Morgan fingerprint density at radius 3 is 2.11 bits per heavy atom. The van der Waals surface area contributed by atoms with Crippen LogP contribution in [0.5, 0.6) is 0 Å². The van der Waals surface area contributed by atoms with Gasteiger partial charge >= 0.3 is 0 Å². The van der Waals surface area contributed by atoms with Crippen molar-refractivity contribution in [3.63, 3.8) is 0 Å². The molecule has 44 heavy (non-hydrogen) atoms. The van der Waals surface area contributed by atoms with Crippen LogP contribution in [0.2, 0.25) is 0 Å². The van der Waals surface area contributed by atoms with Crippen molar-refractivity contribution in [3.8, 4) is 0 Å². The minimum Gasteiger partial charge on any atom is -0.390 e. The van der Waals surface area contributed by atoms with Crippen LogP contribution in [0, 0.1) is 11.6 Å². The standard InChI is InChI=1S/C35H46F2N4O3/c1-5-11-41(12-6-2)35(44)29-15-27(21-38-4)14-28(19-29)34(43)40-32(18-26-16-30(36)20-31(37)17-26)33(42)23-39-22-25-10-8-9-24(7-3)13-25/h8-10,13-17,19-20,32-33,38-39,42H,5-7,11-12,18,21-23H2,1-4H3,(H,40,43). The molecule has 2 unspecified atom stereocenters. The Morgan fingerprint density at radius 2 is 1.48 bits per heavy atom. The predicted molar refractivity (Wildman–Crippen MR) is 171 cm³/mol. The first-order chi connectivity index (χ1) is 21.2. The molecule has 0 aromatic heterocycles. The van der Waals surface area contributed by atoms with E-state index >= 15 is 0 Å². The lowest BCUT2D eigenvalue weighted by Crippen LogP contribution is -2.48. The number of nitrogens with one attached hydrogen (secondary N) is 3. The number of rotatable bonds is 17. The first-order valence-corrected chi connectivity index (χ1v) is 15.5. The summed E-state index contributed by atoms with van der Waals surface area (Å²) >= 11 is 0. The molecule has 2 amide bonds. The van der Waals surface area contributed by atoms with E-state index < -0.39 is 29.7 Å². The summed E-state index contributed by atoms with van der Waals surface area (Å²) < 4.78 is 28.1. The van der Waals surface area contributed by atoms with E-state index in [1.165, 1.54) is 17.7 Å². The number of aliphatic hydroxyl groups excluding tert-OH is 1. The highest BCUT2D eigenvalue weighted by Crippen LogP contribution is 2.17. The van der Waals surface area contributed by atoms with E-state index in [-0.39, 0.29) is 24.4 Å². The van der Waals surface area contributed by atoms with Gasteiger partial charge < -0.3 is 26.0 Å². The molecule has 7 nitrogen and oxygen atoms in total. The fourth-order valence-corrected chi connectivity index (χ4v) is 5.27. The molecule has 3 aromatic rings. The van der Waals surface area contributed by atoms with Crippen molar-refractivity contribution in [2.75, 3.05) is 26.7 Å². The Bertz CT molecular complexity index is 1360. The number of amides is 2. The van der Waals surface area contributed by atoms with Crippen molar-refractivity contribution in [1.29, 1.82) is 0 Å². The van der Waals surface area contributed by atoms with E-state index in [0.717, 1.165) is 36.5 Å². The first-order valence-electron chi connectivity index (χ1n) is 15.5. The molecule has 4 N–H and O–H groups in total. The van der Waals surface area contributed by atoms with Gasteiger partial charge in [-0.3, -0.25) is 9.59 Å². The number of hydrogen-bond donors (Lipinski definition) is 4. The average Bonchev–Trinajstić information content (AvgIpc) is 2.99. The molecule has 0 aliphatic heterocycles. The highest BCUT2D eigenvalue weighted by molar-refractivity contribution is 6.00. The first kappa shape index (κ1) is 34.8. The molecular weight excluding hydrogens is 562 g/mol. The highest BCUT2D eigenvalue weighted by atomic mass is 19.1.